The highest BCUT2D eigenvalue weighted by Crippen LogP contribution is 2.26. The van der Waals surface area contributed by atoms with Crippen molar-refractivity contribution in [2.75, 3.05) is 20.1 Å². The normalized spacial score (nSPS) is 19.2. The first-order valence-electron chi connectivity index (χ1n) is 6.74. The molecule has 1 N–H and O–H groups in total. The first-order valence-corrected chi connectivity index (χ1v) is 6.74. The van der Waals surface area contributed by atoms with Crippen LogP contribution in [0.3, 0.4) is 0 Å². The Morgan fingerprint density at radius 2 is 2.00 bits per heavy atom. The van der Waals surface area contributed by atoms with Gasteiger partial charge in [0.2, 0.25) is 0 Å². The van der Waals surface area contributed by atoms with Crippen LogP contribution in [0, 0.1) is 11.3 Å². The van der Waals surface area contributed by atoms with Crippen molar-refractivity contribution < 1.29 is 13.2 Å². The summed E-state index contributed by atoms with van der Waals surface area (Å²) in [4.78, 5) is 1.26. The van der Waals surface area contributed by atoms with Crippen molar-refractivity contribution in [3.8, 4) is 6.07 Å². The van der Waals surface area contributed by atoms with E-state index in [0.717, 1.165) is 12.8 Å². The fraction of sp³-hybridized carbons (Fsp3) is 0.923. The van der Waals surface area contributed by atoms with Crippen LogP contribution < -0.4 is 5.32 Å². The van der Waals surface area contributed by atoms with Gasteiger partial charge in [-0.15, -0.1) is 0 Å². The number of rotatable bonds is 8. The number of nitrogens with zero attached hydrogens (tertiary/aromatic N) is 2. The van der Waals surface area contributed by atoms with Crippen LogP contribution in [0.1, 0.15) is 39.0 Å². The Morgan fingerprint density at radius 3 is 2.42 bits per heavy atom. The topological polar surface area (TPSA) is 39.1 Å². The lowest BCUT2D eigenvalue weighted by Gasteiger charge is -2.28. The van der Waals surface area contributed by atoms with Gasteiger partial charge in [0.15, 0.2) is 0 Å². The van der Waals surface area contributed by atoms with Crippen molar-refractivity contribution in [2.45, 2.75) is 56.8 Å². The van der Waals surface area contributed by atoms with Gasteiger partial charge in [-0.3, -0.25) is 10.2 Å². The monoisotopic (exact) mass is 277 g/mol. The highest BCUT2D eigenvalue weighted by atomic mass is 19.4. The minimum Gasteiger partial charge on any atom is -0.298 e. The Hall–Kier alpha value is -0.800. The predicted octanol–water partition coefficient (Wildman–Crippen LogP) is 2.69. The fourth-order valence-electron chi connectivity index (χ4n) is 2.17. The van der Waals surface area contributed by atoms with Crippen LogP contribution in [0.15, 0.2) is 0 Å². The molecule has 1 fully saturated rings. The van der Waals surface area contributed by atoms with Crippen molar-refractivity contribution in [1.29, 1.82) is 5.26 Å². The summed E-state index contributed by atoms with van der Waals surface area (Å²) in [6.07, 6.45) is -0.0950. The zero-order chi connectivity index (χ0) is 14.5. The average molecular weight is 277 g/mol. The molecule has 1 saturated carbocycles. The van der Waals surface area contributed by atoms with E-state index in [2.05, 4.69) is 11.4 Å². The molecule has 1 unspecified atom stereocenters. The summed E-state index contributed by atoms with van der Waals surface area (Å²) in [5, 5.41) is 12.6. The molecule has 0 aromatic rings. The number of nitriles is 1. The Balaban J connectivity index is 2.34. The number of halogens is 3. The molecular formula is C13H22F3N3. The van der Waals surface area contributed by atoms with Gasteiger partial charge in [0.05, 0.1) is 12.6 Å². The van der Waals surface area contributed by atoms with E-state index in [1.165, 1.54) is 11.9 Å². The third kappa shape index (κ3) is 6.26. The van der Waals surface area contributed by atoms with E-state index in [-0.39, 0.29) is 0 Å². The van der Waals surface area contributed by atoms with Crippen LogP contribution in [0.4, 0.5) is 13.2 Å². The maximum Gasteiger partial charge on any atom is 0.401 e. The molecule has 0 aromatic carbocycles. The largest absolute Gasteiger partial charge is 0.401 e. The van der Waals surface area contributed by atoms with E-state index in [1.807, 2.05) is 6.92 Å². The van der Waals surface area contributed by atoms with E-state index in [4.69, 9.17) is 0 Å². The molecule has 1 rings (SSSR count). The van der Waals surface area contributed by atoms with Crippen LogP contribution >= 0.6 is 0 Å². The summed E-state index contributed by atoms with van der Waals surface area (Å²) in [7, 11) is 1.46. The fourth-order valence-corrected chi connectivity index (χ4v) is 2.17. The zero-order valence-electron chi connectivity index (χ0n) is 11.6. The molecule has 1 atom stereocenters. The molecule has 6 heteroatoms. The predicted molar refractivity (Wildman–Crippen MR) is 67.6 cm³/mol. The van der Waals surface area contributed by atoms with E-state index in [1.54, 1.807) is 0 Å². The standard InChI is InChI=1S/C13H22F3N3/c1-3-12(9-17,18-11-5-6-11)7-4-8-19(2)10-13(14,15)16/h11,18H,3-8,10H2,1-2H3. The first-order chi connectivity index (χ1) is 8.80. The van der Waals surface area contributed by atoms with Crippen LogP contribution in [-0.4, -0.2) is 42.8 Å². The molecule has 0 radical (unpaired) electrons. The molecule has 0 aliphatic heterocycles. The molecule has 1 aliphatic rings. The lowest BCUT2D eigenvalue weighted by Crippen LogP contribution is -2.45. The maximum atomic E-state index is 12.2. The second-order valence-corrected chi connectivity index (χ2v) is 5.42. The Kier molecular flexibility index (Phi) is 5.63. The van der Waals surface area contributed by atoms with Gasteiger partial charge in [0.25, 0.3) is 0 Å². The minimum atomic E-state index is -4.15. The lowest BCUT2D eigenvalue weighted by molar-refractivity contribution is -0.143. The van der Waals surface area contributed by atoms with Crippen molar-refractivity contribution in [3.63, 3.8) is 0 Å². The zero-order valence-corrected chi connectivity index (χ0v) is 11.6. The van der Waals surface area contributed by atoms with E-state index in [0.29, 0.717) is 31.8 Å². The summed E-state index contributed by atoms with van der Waals surface area (Å²) >= 11 is 0. The number of hydrogen-bond acceptors (Lipinski definition) is 3. The third-order valence-corrected chi connectivity index (χ3v) is 3.47. The molecule has 19 heavy (non-hydrogen) atoms. The average Bonchev–Trinajstić information content (AvgIpc) is 3.09. The van der Waals surface area contributed by atoms with Crippen molar-refractivity contribution in [2.24, 2.45) is 0 Å². The summed E-state index contributed by atoms with van der Waals surface area (Å²) in [6.45, 7) is 1.40. The molecule has 110 valence electrons. The smallest absolute Gasteiger partial charge is 0.298 e. The maximum absolute atomic E-state index is 12.2. The Labute approximate surface area is 112 Å². The third-order valence-electron chi connectivity index (χ3n) is 3.47. The number of hydrogen-bond donors (Lipinski definition) is 1. The van der Waals surface area contributed by atoms with Gasteiger partial charge in [0, 0.05) is 6.04 Å². The van der Waals surface area contributed by atoms with Gasteiger partial charge in [-0.05, 0) is 45.7 Å². The van der Waals surface area contributed by atoms with Crippen molar-refractivity contribution in [3.05, 3.63) is 0 Å². The molecule has 3 nitrogen and oxygen atoms in total. The van der Waals surface area contributed by atoms with E-state index >= 15 is 0 Å². The second kappa shape index (κ2) is 6.58. The van der Waals surface area contributed by atoms with E-state index in [9.17, 15) is 18.4 Å². The Bertz CT molecular complexity index is 320. The van der Waals surface area contributed by atoms with Crippen LogP contribution in [0.5, 0.6) is 0 Å². The number of alkyl halides is 3. The highest BCUT2D eigenvalue weighted by Gasteiger charge is 2.35. The first kappa shape index (κ1) is 16.3. The van der Waals surface area contributed by atoms with Crippen LogP contribution in [0.25, 0.3) is 0 Å². The summed E-state index contributed by atoms with van der Waals surface area (Å²) in [5.74, 6) is 0. The van der Waals surface area contributed by atoms with E-state index < -0.39 is 18.3 Å². The van der Waals surface area contributed by atoms with Crippen molar-refractivity contribution >= 4 is 0 Å². The quantitative estimate of drug-likeness (QED) is 0.741. The molecule has 1 aliphatic carbocycles. The minimum absolute atomic E-state index is 0.356. The van der Waals surface area contributed by atoms with Gasteiger partial charge in [-0.25, -0.2) is 0 Å². The van der Waals surface area contributed by atoms with Gasteiger partial charge in [-0.1, -0.05) is 6.92 Å². The van der Waals surface area contributed by atoms with Crippen LogP contribution in [-0.2, 0) is 0 Å². The summed E-state index contributed by atoms with van der Waals surface area (Å²) in [5.41, 5.74) is -0.569. The van der Waals surface area contributed by atoms with Gasteiger partial charge >= 0.3 is 6.18 Å². The molecule has 0 spiro atoms. The lowest BCUT2D eigenvalue weighted by atomic mass is 9.91. The number of nitrogens with one attached hydrogen (secondary N) is 1. The molecule has 0 bridgehead atoms. The van der Waals surface area contributed by atoms with Gasteiger partial charge in [0.1, 0.15) is 5.54 Å². The van der Waals surface area contributed by atoms with Crippen molar-refractivity contribution in [1.82, 2.24) is 10.2 Å². The van der Waals surface area contributed by atoms with Crippen LogP contribution in [0.2, 0.25) is 0 Å². The molecule has 0 heterocycles. The molecule has 0 aromatic heterocycles. The molecule has 0 saturated heterocycles. The summed E-state index contributed by atoms with van der Waals surface area (Å²) in [6, 6.07) is 2.73. The molecule has 0 amide bonds. The van der Waals surface area contributed by atoms with Gasteiger partial charge in [-0.2, -0.15) is 18.4 Å². The van der Waals surface area contributed by atoms with Gasteiger partial charge < -0.3 is 0 Å². The summed E-state index contributed by atoms with van der Waals surface area (Å²) < 4.78 is 36.5. The molecular weight excluding hydrogens is 255 g/mol. The SMILES string of the molecule is CCC(C#N)(CCCN(C)CC(F)(F)F)NC1CC1. The Morgan fingerprint density at radius 1 is 1.37 bits per heavy atom. The second-order valence-electron chi connectivity index (χ2n) is 5.42. The highest BCUT2D eigenvalue weighted by molar-refractivity contribution is 5.09.